The number of aryl methyl sites for hydroxylation is 3. The van der Waals surface area contributed by atoms with Crippen LogP contribution in [-0.4, -0.2) is 6.88 Å². The van der Waals surface area contributed by atoms with Crippen LogP contribution in [0.15, 0.2) is 146 Å². The molecule has 0 spiro atoms. The predicted molar refractivity (Wildman–Crippen MR) is 216 cm³/mol. The van der Waals surface area contributed by atoms with Gasteiger partial charge in [0.25, 0.3) is 0 Å². The average molecular weight is 765 g/mol. The van der Waals surface area contributed by atoms with Crippen LogP contribution in [0, 0.1) is 21.8 Å². The number of rotatable bonds is 6. The van der Waals surface area contributed by atoms with E-state index in [1.165, 1.54) is 89.4 Å². The van der Waals surface area contributed by atoms with Crippen LogP contribution in [0.3, 0.4) is 0 Å². The van der Waals surface area contributed by atoms with Crippen molar-refractivity contribution in [2.75, 3.05) is 0 Å². The molecule has 0 N–H and O–H groups in total. The number of halogens is 2. The molecular formula is C44H46Cl2SiZr-4. The Hall–Kier alpha value is -3.00. The van der Waals surface area contributed by atoms with E-state index >= 15 is 0 Å². The molecule has 48 heavy (non-hydrogen) atoms. The van der Waals surface area contributed by atoms with Gasteiger partial charge in [-0.2, -0.15) is 12.1 Å². The summed E-state index contributed by atoms with van der Waals surface area (Å²) >= 11 is 1.36. The first-order valence-electron chi connectivity index (χ1n) is 15.3. The van der Waals surface area contributed by atoms with Gasteiger partial charge in [-0.15, -0.1) is 93.4 Å². The van der Waals surface area contributed by atoms with Crippen LogP contribution in [-0.2, 0) is 36.2 Å². The van der Waals surface area contributed by atoms with Gasteiger partial charge in [0.15, 0.2) is 0 Å². The van der Waals surface area contributed by atoms with Crippen LogP contribution >= 0.6 is 24.8 Å². The number of hydrogen-bond donors (Lipinski definition) is 0. The summed E-state index contributed by atoms with van der Waals surface area (Å²) < 4.78 is 0. The molecule has 7 rings (SSSR count). The topological polar surface area (TPSA) is 0 Å². The maximum atomic E-state index is 3.06. The summed E-state index contributed by atoms with van der Waals surface area (Å²) in [5, 5.41) is 5.48. The van der Waals surface area contributed by atoms with Gasteiger partial charge in [0, 0.05) is 0 Å². The Kier molecular flexibility index (Phi) is 19.0. The molecule has 0 aliphatic carbocycles. The molecule has 0 atom stereocenters. The van der Waals surface area contributed by atoms with Gasteiger partial charge < -0.3 is 14.9 Å². The van der Waals surface area contributed by atoms with Crippen molar-refractivity contribution in [1.82, 2.24) is 0 Å². The van der Waals surface area contributed by atoms with Crippen molar-refractivity contribution >= 4 is 53.2 Å². The summed E-state index contributed by atoms with van der Waals surface area (Å²) in [7, 11) is 0. The van der Waals surface area contributed by atoms with E-state index in [2.05, 4.69) is 173 Å². The van der Waals surface area contributed by atoms with E-state index in [1.807, 2.05) is 0 Å². The normalized spacial score (nSPS) is 9.81. The van der Waals surface area contributed by atoms with Gasteiger partial charge >= 0.3 is 30.2 Å². The predicted octanol–water partition coefficient (Wildman–Crippen LogP) is 13.0. The van der Waals surface area contributed by atoms with E-state index in [-0.39, 0.29) is 39.7 Å². The Morgan fingerprint density at radius 2 is 1.12 bits per heavy atom. The molecule has 7 aromatic carbocycles. The van der Waals surface area contributed by atoms with Crippen molar-refractivity contribution in [3.63, 3.8) is 0 Å². The second kappa shape index (κ2) is 21.2. The third-order valence-corrected chi connectivity index (χ3v) is 8.32. The Morgan fingerprint density at radius 3 is 1.69 bits per heavy atom. The minimum absolute atomic E-state index is 0. The van der Waals surface area contributed by atoms with Gasteiger partial charge in [-0.3, -0.25) is 0 Å². The summed E-state index contributed by atoms with van der Waals surface area (Å²) in [5.74, 6) is 0.584. The van der Waals surface area contributed by atoms with Crippen LogP contribution in [0.25, 0.3) is 43.8 Å². The second-order valence-electron chi connectivity index (χ2n) is 11.6. The molecule has 0 aromatic heterocycles. The molecule has 0 aliphatic rings. The molecule has 0 unspecified atom stereocenters. The van der Waals surface area contributed by atoms with Crippen molar-refractivity contribution in [3.8, 4) is 22.3 Å². The Bertz CT molecular complexity index is 1920. The quantitative estimate of drug-likeness (QED) is 0.117. The number of benzene rings is 5. The first-order chi connectivity index (χ1) is 21.6. The van der Waals surface area contributed by atoms with Crippen molar-refractivity contribution in [1.29, 1.82) is 0 Å². The first-order valence-corrected chi connectivity index (χ1v) is 19.5. The average Bonchev–Trinajstić information content (AvgIpc) is 3.72. The van der Waals surface area contributed by atoms with Crippen LogP contribution in [0.5, 0.6) is 0 Å². The van der Waals surface area contributed by atoms with Crippen LogP contribution in [0.2, 0.25) is 0 Å². The van der Waals surface area contributed by atoms with E-state index in [0.717, 1.165) is 12.8 Å². The van der Waals surface area contributed by atoms with Gasteiger partial charge in [0.1, 0.15) is 0 Å². The van der Waals surface area contributed by atoms with E-state index in [9.17, 15) is 0 Å². The summed E-state index contributed by atoms with van der Waals surface area (Å²) in [4.78, 5) is 0. The van der Waals surface area contributed by atoms with E-state index in [4.69, 9.17) is 0 Å². The van der Waals surface area contributed by atoms with Crippen LogP contribution < -0.4 is 0 Å². The Balaban J connectivity index is 0.000000435. The molecule has 0 heterocycles. The molecule has 0 saturated carbocycles. The zero-order valence-corrected chi connectivity index (χ0v) is 33.8. The number of fused-ring (bicyclic) bond motifs is 2. The summed E-state index contributed by atoms with van der Waals surface area (Å²) in [6, 6.07) is 52.5. The van der Waals surface area contributed by atoms with Crippen LogP contribution in [0.1, 0.15) is 42.0 Å². The van der Waals surface area contributed by atoms with Gasteiger partial charge in [-0.1, -0.05) is 135 Å². The Labute approximate surface area is 318 Å². The van der Waals surface area contributed by atoms with Gasteiger partial charge in [-0.25, -0.2) is 0 Å². The fourth-order valence-electron chi connectivity index (χ4n) is 5.91. The molecule has 0 amide bonds. The van der Waals surface area contributed by atoms with Crippen molar-refractivity contribution in [3.05, 3.63) is 183 Å². The molecule has 0 nitrogen and oxygen atoms in total. The Morgan fingerprint density at radius 1 is 0.583 bits per heavy atom. The molecule has 248 valence electrons. The van der Waals surface area contributed by atoms with Crippen molar-refractivity contribution in [2.24, 2.45) is 0 Å². The van der Waals surface area contributed by atoms with E-state index in [0.29, 0.717) is 5.92 Å². The molecule has 4 heteroatoms. The fourth-order valence-corrected chi connectivity index (χ4v) is 5.91. The summed E-state index contributed by atoms with van der Waals surface area (Å²) in [5.41, 5.74) is 10.9. The van der Waals surface area contributed by atoms with Crippen molar-refractivity contribution < 1.29 is 23.3 Å². The molecule has 0 saturated heterocycles. The van der Waals surface area contributed by atoms with Gasteiger partial charge in [0.2, 0.25) is 0 Å². The third kappa shape index (κ3) is 10.5. The molecular weight excluding hydrogens is 719 g/mol. The molecule has 0 bridgehead atoms. The maximum absolute atomic E-state index is 3.06. The van der Waals surface area contributed by atoms with Crippen molar-refractivity contribution in [2.45, 2.75) is 39.5 Å². The summed E-state index contributed by atoms with van der Waals surface area (Å²) in [6.45, 7) is 9.76. The zero-order chi connectivity index (χ0) is 30.9. The molecule has 0 aliphatic heterocycles. The zero-order valence-electron chi connectivity index (χ0n) is 28.7. The first kappa shape index (κ1) is 43.0. The monoisotopic (exact) mass is 762 g/mol. The van der Waals surface area contributed by atoms with E-state index in [1.54, 1.807) is 0 Å². The molecule has 2 radical (unpaired) electrons. The standard InChI is InChI=1S/C24H21.C18H17.2CH3.2ClH.Si.Zr/c1-18-12-15-22(21-10-6-3-7-11-21)24-17-20(16-23(18)24)14-13-19-8-4-2-5-9-19;1-13(2)16-11-15-9-6-10-17(18(15)12-16)14-7-4-3-5-8-14;;;;;;/h2-12,15-17H,13-14H2,1H3;3-13H,1-2H3;2*1H3;2*1H;;/q4*-1;;;;. The minimum atomic E-state index is 0. The van der Waals surface area contributed by atoms with E-state index < -0.39 is 0 Å². The summed E-state index contributed by atoms with van der Waals surface area (Å²) in [6.07, 6.45) is 2.18. The molecule has 7 aromatic rings. The SMILES string of the molecule is CC(C)c1cc2c(-c3ccccc3)cccc2[cH-]1.Cc1ccc(-c2ccccc2)c2cc(CCc3ccccc3)[cH-]c12.Cl.Cl.[CH3-].[CH3-].[Si]=[Zr]. The van der Waals surface area contributed by atoms with Gasteiger partial charge in [0.05, 0.1) is 0 Å². The second-order valence-corrected chi connectivity index (χ2v) is 11.6. The number of hydrogen-bond acceptors (Lipinski definition) is 0. The van der Waals surface area contributed by atoms with Gasteiger partial charge in [-0.05, 0) is 35.4 Å². The van der Waals surface area contributed by atoms with Crippen LogP contribution in [0.4, 0.5) is 0 Å². The fraction of sp³-hybridized carbons (Fsp3) is 0.136. The molecule has 0 fully saturated rings. The third-order valence-electron chi connectivity index (χ3n) is 8.32.